The lowest BCUT2D eigenvalue weighted by Gasteiger charge is -2.38. The minimum Gasteiger partial charge on any atom is -0.489 e. The van der Waals surface area contributed by atoms with E-state index in [1.165, 1.54) is 18.4 Å². The molecule has 2 fully saturated rings. The average Bonchev–Trinajstić information content (AvgIpc) is 3.23. The van der Waals surface area contributed by atoms with Crippen LogP contribution in [0.1, 0.15) is 24.8 Å². The SMILES string of the molecule is Cn1cc(CN2CCC3(CC2)COC(COc2cccnc2)C3)cn1. The molecular formula is C19H26N4O2. The highest BCUT2D eigenvalue weighted by atomic mass is 16.5. The summed E-state index contributed by atoms with van der Waals surface area (Å²) < 4.78 is 13.7. The van der Waals surface area contributed by atoms with Gasteiger partial charge in [-0.3, -0.25) is 14.6 Å². The molecule has 0 amide bonds. The third-order valence-corrected chi connectivity index (χ3v) is 5.44. The van der Waals surface area contributed by atoms with Crippen LogP contribution in [-0.2, 0) is 18.3 Å². The molecular weight excluding hydrogens is 316 g/mol. The Morgan fingerprint density at radius 2 is 2.20 bits per heavy atom. The van der Waals surface area contributed by atoms with Gasteiger partial charge in [0.2, 0.25) is 0 Å². The second-order valence-electron chi connectivity index (χ2n) is 7.44. The van der Waals surface area contributed by atoms with E-state index in [1.54, 1.807) is 12.4 Å². The lowest BCUT2D eigenvalue weighted by molar-refractivity contribution is 0.0470. The number of likely N-dealkylation sites (tertiary alicyclic amines) is 1. The van der Waals surface area contributed by atoms with Crippen LogP contribution in [-0.4, -0.2) is 52.1 Å². The third kappa shape index (κ3) is 4.02. The van der Waals surface area contributed by atoms with E-state index in [1.807, 2.05) is 30.1 Å². The second-order valence-corrected chi connectivity index (χ2v) is 7.44. The van der Waals surface area contributed by atoms with E-state index in [4.69, 9.17) is 9.47 Å². The van der Waals surface area contributed by atoms with Gasteiger partial charge in [-0.05, 0) is 49.9 Å². The molecule has 0 aliphatic carbocycles. The van der Waals surface area contributed by atoms with Crippen molar-refractivity contribution in [1.82, 2.24) is 19.7 Å². The Labute approximate surface area is 148 Å². The highest BCUT2D eigenvalue weighted by Crippen LogP contribution is 2.42. The first-order valence-electron chi connectivity index (χ1n) is 9.05. The van der Waals surface area contributed by atoms with Crippen molar-refractivity contribution in [2.24, 2.45) is 12.5 Å². The summed E-state index contributed by atoms with van der Waals surface area (Å²) >= 11 is 0. The summed E-state index contributed by atoms with van der Waals surface area (Å²) in [4.78, 5) is 6.61. The lowest BCUT2D eigenvalue weighted by Crippen LogP contribution is -2.40. The molecule has 1 unspecified atom stereocenters. The van der Waals surface area contributed by atoms with Gasteiger partial charge in [-0.1, -0.05) is 0 Å². The Bertz CT molecular complexity index is 680. The van der Waals surface area contributed by atoms with Crippen molar-refractivity contribution in [3.8, 4) is 5.75 Å². The van der Waals surface area contributed by atoms with E-state index in [0.717, 1.165) is 38.4 Å². The third-order valence-electron chi connectivity index (χ3n) is 5.44. The van der Waals surface area contributed by atoms with E-state index in [2.05, 4.69) is 21.2 Å². The Hall–Kier alpha value is -1.92. The fourth-order valence-electron chi connectivity index (χ4n) is 3.97. The van der Waals surface area contributed by atoms with Gasteiger partial charge in [-0.2, -0.15) is 5.10 Å². The van der Waals surface area contributed by atoms with Gasteiger partial charge < -0.3 is 9.47 Å². The summed E-state index contributed by atoms with van der Waals surface area (Å²) in [5.41, 5.74) is 1.64. The maximum atomic E-state index is 6.05. The molecule has 2 aromatic heterocycles. The van der Waals surface area contributed by atoms with Crippen LogP contribution in [0.2, 0.25) is 0 Å². The number of nitrogens with zero attached hydrogens (tertiary/aromatic N) is 4. The van der Waals surface area contributed by atoms with Gasteiger partial charge in [0.05, 0.1) is 25.1 Å². The monoisotopic (exact) mass is 342 g/mol. The molecule has 0 N–H and O–H groups in total. The van der Waals surface area contributed by atoms with Gasteiger partial charge in [0.15, 0.2) is 0 Å². The highest BCUT2D eigenvalue weighted by molar-refractivity contribution is 5.15. The molecule has 1 atom stereocenters. The Balaban J connectivity index is 1.24. The van der Waals surface area contributed by atoms with Gasteiger partial charge in [-0.25, -0.2) is 0 Å². The van der Waals surface area contributed by atoms with Crippen molar-refractivity contribution in [3.63, 3.8) is 0 Å². The van der Waals surface area contributed by atoms with Crippen molar-refractivity contribution in [3.05, 3.63) is 42.5 Å². The van der Waals surface area contributed by atoms with Crippen LogP contribution >= 0.6 is 0 Å². The van der Waals surface area contributed by atoms with Crippen LogP contribution in [0.3, 0.4) is 0 Å². The molecule has 4 heterocycles. The molecule has 0 radical (unpaired) electrons. The zero-order valence-electron chi connectivity index (χ0n) is 14.8. The summed E-state index contributed by atoms with van der Waals surface area (Å²) in [5, 5.41) is 4.26. The number of pyridine rings is 1. The van der Waals surface area contributed by atoms with E-state index < -0.39 is 0 Å². The van der Waals surface area contributed by atoms with Crippen molar-refractivity contribution in [2.75, 3.05) is 26.3 Å². The van der Waals surface area contributed by atoms with E-state index in [9.17, 15) is 0 Å². The van der Waals surface area contributed by atoms with Crippen molar-refractivity contribution >= 4 is 0 Å². The molecule has 25 heavy (non-hydrogen) atoms. The number of ether oxygens (including phenoxy) is 2. The maximum Gasteiger partial charge on any atom is 0.137 e. The van der Waals surface area contributed by atoms with Gasteiger partial charge in [-0.15, -0.1) is 0 Å². The minimum atomic E-state index is 0.199. The number of hydrogen-bond donors (Lipinski definition) is 0. The Kier molecular flexibility index (Phi) is 4.72. The van der Waals surface area contributed by atoms with Crippen LogP contribution in [0, 0.1) is 5.41 Å². The van der Waals surface area contributed by atoms with E-state index >= 15 is 0 Å². The summed E-state index contributed by atoms with van der Waals surface area (Å²) in [5.74, 6) is 0.818. The molecule has 0 aromatic carbocycles. The Morgan fingerprint density at radius 1 is 1.32 bits per heavy atom. The molecule has 0 saturated carbocycles. The predicted octanol–water partition coefficient (Wildman–Crippen LogP) is 2.27. The second kappa shape index (κ2) is 7.14. The van der Waals surface area contributed by atoms with Crippen LogP contribution in [0.4, 0.5) is 0 Å². The smallest absolute Gasteiger partial charge is 0.137 e. The van der Waals surface area contributed by atoms with Gasteiger partial charge >= 0.3 is 0 Å². The summed E-state index contributed by atoms with van der Waals surface area (Å²) in [7, 11) is 1.97. The van der Waals surface area contributed by atoms with Gasteiger partial charge in [0.1, 0.15) is 12.4 Å². The minimum absolute atomic E-state index is 0.199. The van der Waals surface area contributed by atoms with Crippen LogP contribution < -0.4 is 4.74 Å². The number of aromatic nitrogens is 3. The topological polar surface area (TPSA) is 52.4 Å². The first kappa shape index (κ1) is 16.5. The number of aryl methyl sites for hydroxylation is 1. The molecule has 2 aliphatic heterocycles. The lowest BCUT2D eigenvalue weighted by atomic mass is 9.76. The van der Waals surface area contributed by atoms with Gasteiger partial charge in [0.25, 0.3) is 0 Å². The molecule has 6 heteroatoms. The number of piperidine rings is 1. The van der Waals surface area contributed by atoms with Crippen LogP contribution in [0.25, 0.3) is 0 Å². The van der Waals surface area contributed by atoms with Crippen molar-refractivity contribution in [2.45, 2.75) is 31.9 Å². The van der Waals surface area contributed by atoms with Crippen molar-refractivity contribution in [1.29, 1.82) is 0 Å². The zero-order chi connectivity index (χ0) is 17.1. The number of hydrogen-bond acceptors (Lipinski definition) is 5. The summed E-state index contributed by atoms with van der Waals surface area (Å²) in [6.45, 7) is 4.75. The number of rotatable bonds is 5. The molecule has 4 rings (SSSR count). The highest BCUT2D eigenvalue weighted by Gasteiger charge is 2.42. The molecule has 134 valence electrons. The molecule has 0 bridgehead atoms. The summed E-state index contributed by atoms with van der Waals surface area (Å²) in [6, 6.07) is 3.83. The standard InChI is InChI=1S/C19H26N4O2/c1-22-12-16(10-21-22)13-23-7-4-19(5-8-23)9-18(25-15-19)14-24-17-3-2-6-20-11-17/h2-3,6,10-12,18H,4-5,7-9,13-15H2,1H3. The normalized spacial score (nSPS) is 23.2. The van der Waals surface area contributed by atoms with Gasteiger partial charge in [0, 0.05) is 31.5 Å². The van der Waals surface area contributed by atoms with Crippen molar-refractivity contribution < 1.29 is 9.47 Å². The van der Waals surface area contributed by atoms with Crippen LogP contribution in [0.15, 0.2) is 36.9 Å². The Morgan fingerprint density at radius 3 is 2.92 bits per heavy atom. The molecule has 2 aliphatic rings. The molecule has 6 nitrogen and oxygen atoms in total. The maximum absolute atomic E-state index is 6.05. The first-order valence-corrected chi connectivity index (χ1v) is 9.05. The zero-order valence-corrected chi connectivity index (χ0v) is 14.8. The first-order chi connectivity index (χ1) is 12.2. The van der Waals surface area contributed by atoms with E-state index in [-0.39, 0.29) is 6.10 Å². The largest absolute Gasteiger partial charge is 0.489 e. The van der Waals surface area contributed by atoms with E-state index in [0.29, 0.717) is 12.0 Å². The summed E-state index contributed by atoms with van der Waals surface area (Å²) in [6.07, 6.45) is 11.3. The quantitative estimate of drug-likeness (QED) is 0.834. The predicted molar refractivity (Wildman–Crippen MR) is 94.2 cm³/mol. The molecule has 2 saturated heterocycles. The van der Waals surface area contributed by atoms with Crippen LogP contribution in [0.5, 0.6) is 5.75 Å². The fourth-order valence-corrected chi connectivity index (χ4v) is 3.97. The molecule has 1 spiro atoms. The molecule has 2 aromatic rings. The average molecular weight is 342 g/mol. The fraction of sp³-hybridized carbons (Fsp3) is 0.579.